The number of aliphatic hydroxyl groups excluding tert-OH is 1. The Morgan fingerprint density at radius 3 is 1.84 bits per heavy atom. The van der Waals surface area contributed by atoms with E-state index in [2.05, 4.69) is 10.6 Å². The molecular weight excluding hydrogens is 455 g/mol. The van der Waals surface area contributed by atoms with Gasteiger partial charge in [0.05, 0.1) is 0 Å². The van der Waals surface area contributed by atoms with Gasteiger partial charge in [-0.25, -0.2) is 0 Å². The first-order valence-electron chi connectivity index (χ1n) is 10.4. The van der Waals surface area contributed by atoms with E-state index in [9.17, 15) is 14.7 Å². The molecule has 1 aliphatic carbocycles. The van der Waals surface area contributed by atoms with Gasteiger partial charge in [0.15, 0.2) is 12.7 Å². The summed E-state index contributed by atoms with van der Waals surface area (Å²) in [6.07, 6.45) is 1.61. The van der Waals surface area contributed by atoms with Gasteiger partial charge in [-0.3, -0.25) is 9.59 Å². The van der Waals surface area contributed by atoms with Crippen molar-refractivity contribution < 1.29 is 24.2 Å². The monoisotopic (exact) mass is 480 g/mol. The second kappa shape index (κ2) is 11.9. The zero-order chi connectivity index (χ0) is 22.9. The van der Waals surface area contributed by atoms with Crippen LogP contribution >= 0.6 is 23.2 Å². The molecule has 0 bridgehead atoms. The Kier molecular flexibility index (Phi) is 9.02. The molecule has 172 valence electrons. The molecule has 2 aromatic rings. The standard InChI is InChI=1S/C23H26Cl2N2O5/c24-15-1-9-19(10-2-15)31-13-21(28)23(30)27-18-7-5-17(6-8-18)26-22(29)14-32-20-11-3-16(25)4-12-20/h1-4,9-12,17-18,21,28H,5-8,13-14H2,(H,26,29)(H,27,30)/t17-,18-,21?. The number of ether oxygens (including phenoxy) is 2. The highest BCUT2D eigenvalue weighted by atomic mass is 35.5. The summed E-state index contributed by atoms with van der Waals surface area (Å²) in [7, 11) is 0. The Hall–Kier alpha value is -2.48. The third kappa shape index (κ3) is 7.89. The molecule has 1 unspecified atom stereocenters. The number of halogens is 2. The van der Waals surface area contributed by atoms with E-state index in [0.717, 1.165) is 12.8 Å². The molecule has 0 radical (unpaired) electrons. The van der Waals surface area contributed by atoms with Crippen molar-refractivity contribution in [2.45, 2.75) is 43.9 Å². The molecule has 3 rings (SSSR count). The summed E-state index contributed by atoms with van der Waals surface area (Å²) in [4.78, 5) is 24.4. The number of carbonyl (C=O) groups is 2. The van der Waals surface area contributed by atoms with Crippen LogP contribution in [0.3, 0.4) is 0 Å². The van der Waals surface area contributed by atoms with Crippen molar-refractivity contribution in [1.29, 1.82) is 0 Å². The van der Waals surface area contributed by atoms with Crippen LogP contribution in [0.1, 0.15) is 25.7 Å². The van der Waals surface area contributed by atoms with Crippen molar-refractivity contribution in [3.8, 4) is 11.5 Å². The summed E-state index contributed by atoms with van der Waals surface area (Å²) < 4.78 is 10.9. The van der Waals surface area contributed by atoms with Gasteiger partial charge >= 0.3 is 0 Å². The van der Waals surface area contributed by atoms with Crippen LogP contribution < -0.4 is 20.1 Å². The summed E-state index contributed by atoms with van der Waals surface area (Å²) >= 11 is 11.6. The highest BCUT2D eigenvalue weighted by Gasteiger charge is 2.26. The molecular formula is C23H26Cl2N2O5. The summed E-state index contributed by atoms with van der Waals surface area (Å²) in [5.41, 5.74) is 0. The van der Waals surface area contributed by atoms with E-state index in [-0.39, 0.29) is 31.2 Å². The Morgan fingerprint density at radius 2 is 1.31 bits per heavy atom. The molecule has 1 saturated carbocycles. The average molecular weight is 481 g/mol. The topological polar surface area (TPSA) is 96.9 Å². The normalized spacial score (nSPS) is 19.0. The van der Waals surface area contributed by atoms with E-state index in [1.807, 2.05) is 0 Å². The van der Waals surface area contributed by atoms with Crippen LogP contribution in [0.4, 0.5) is 0 Å². The molecule has 32 heavy (non-hydrogen) atoms. The Morgan fingerprint density at radius 1 is 0.844 bits per heavy atom. The number of nitrogens with one attached hydrogen (secondary N) is 2. The SMILES string of the molecule is O=C(COc1ccc(Cl)cc1)N[C@H]1CC[C@H](NC(=O)C(O)COc2ccc(Cl)cc2)CC1. The maximum absolute atomic E-state index is 12.2. The molecule has 2 amide bonds. The summed E-state index contributed by atoms with van der Waals surface area (Å²) in [6, 6.07) is 13.5. The largest absolute Gasteiger partial charge is 0.490 e. The van der Waals surface area contributed by atoms with Gasteiger partial charge < -0.3 is 25.2 Å². The molecule has 0 spiro atoms. The summed E-state index contributed by atoms with van der Waals surface area (Å²) in [6.45, 7) is -0.218. The number of hydrogen-bond donors (Lipinski definition) is 3. The maximum Gasteiger partial charge on any atom is 0.258 e. The predicted octanol–water partition coefficient (Wildman–Crippen LogP) is 3.36. The summed E-state index contributed by atoms with van der Waals surface area (Å²) in [5, 5.41) is 17.1. The fourth-order valence-corrected chi connectivity index (χ4v) is 3.66. The van der Waals surface area contributed by atoms with Crippen molar-refractivity contribution in [3.63, 3.8) is 0 Å². The number of rotatable bonds is 9. The van der Waals surface area contributed by atoms with Gasteiger partial charge in [0.1, 0.15) is 18.1 Å². The molecule has 9 heteroatoms. The van der Waals surface area contributed by atoms with Gasteiger partial charge in [0.2, 0.25) is 0 Å². The van der Waals surface area contributed by atoms with Gasteiger partial charge in [-0.2, -0.15) is 0 Å². The van der Waals surface area contributed by atoms with E-state index < -0.39 is 12.0 Å². The lowest BCUT2D eigenvalue weighted by Crippen LogP contribution is -2.48. The fourth-order valence-electron chi connectivity index (χ4n) is 3.41. The molecule has 0 aromatic heterocycles. The van der Waals surface area contributed by atoms with Crippen LogP contribution in [0, 0.1) is 0 Å². The lowest BCUT2D eigenvalue weighted by Gasteiger charge is -2.30. The van der Waals surface area contributed by atoms with Crippen molar-refractivity contribution in [1.82, 2.24) is 10.6 Å². The van der Waals surface area contributed by atoms with E-state index in [1.165, 1.54) is 0 Å². The Bertz CT molecular complexity index is 884. The van der Waals surface area contributed by atoms with E-state index in [4.69, 9.17) is 32.7 Å². The zero-order valence-electron chi connectivity index (χ0n) is 17.4. The van der Waals surface area contributed by atoms with Crippen LogP contribution in [0.25, 0.3) is 0 Å². The van der Waals surface area contributed by atoms with Gasteiger partial charge in [0, 0.05) is 22.1 Å². The minimum atomic E-state index is -1.27. The van der Waals surface area contributed by atoms with Crippen LogP contribution in [0.2, 0.25) is 10.0 Å². The van der Waals surface area contributed by atoms with E-state index in [1.54, 1.807) is 48.5 Å². The van der Waals surface area contributed by atoms with Gasteiger partial charge in [-0.05, 0) is 74.2 Å². The van der Waals surface area contributed by atoms with E-state index >= 15 is 0 Å². The van der Waals surface area contributed by atoms with Crippen LogP contribution in [-0.4, -0.2) is 48.3 Å². The zero-order valence-corrected chi connectivity index (χ0v) is 18.9. The predicted molar refractivity (Wildman–Crippen MR) is 122 cm³/mol. The van der Waals surface area contributed by atoms with Crippen molar-refractivity contribution in [2.75, 3.05) is 13.2 Å². The van der Waals surface area contributed by atoms with Gasteiger partial charge in [0.25, 0.3) is 11.8 Å². The highest BCUT2D eigenvalue weighted by Crippen LogP contribution is 2.20. The molecule has 3 N–H and O–H groups in total. The molecule has 1 atom stereocenters. The third-order valence-corrected chi connectivity index (χ3v) is 5.65. The number of carbonyl (C=O) groups excluding carboxylic acids is 2. The first-order valence-corrected chi connectivity index (χ1v) is 11.2. The van der Waals surface area contributed by atoms with Crippen molar-refractivity contribution >= 4 is 35.0 Å². The lowest BCUT2D eigenvalue weighted by atomic mass is 9.91. The minimum absolute atomic E-state index is 0.0302. The first kappa shape index (κ1) is 24.2. The van der Waals surface area contributed by atoms with Crippen LogP contribution in [-0.2, 0) is 9.59 Å². The number of hydrogen-bond acceptors (Lipinski definition) is 5. The van der Waals surface area contributed by atoms with Crippen LogP contribution in [0.15, 0.2) is 48.5 Å². The molecule has 2 aromatic carbocycles. The number of amides is 2. The number of aliphatic hydroxyl groups is 1. The van der Waals surface area contributed by atoms with Gasteiger partial charge in [-0.1, -0.05) is 23.2 Å². The first-order chi connectivity index (χ1) is 15.4. The Labute approximate surface area is 197 Å². The van der Waals surface area contributed by atoms with Crippen LogP contribution in [0.5, 0.6) is 11.5 Å². The molecule has 1 fully saturated rings. The lowest BCUT2D eigenvalue weighted by molar-refractivity contribution is -0.132. The van der Waals surface area contributed by atoms with Crippen molar-refractivity contribution in [3.05, 3.63) is 58.6 Å². The van der Waals surface area contributed by atoms with Crippen molar-refractivity contribution in [2.24, 2.45) is 0 Å². The van der Waals surface area contributed by atoms with Gasteiger partial charge in [-0.15, -0.1) is 0 Å². The number of benzene rings is 2. The average Bonchev–Trinajstić information content (AvgIpc) is 2.79. The van der Waals surface area contributed by atoms with E-state index in [0.29, 0.717) is 34.4 Å². The molecule has 0 aliphatic heterocycles. The highest BCUT2D eigenvalue weighted by molar-refractivity contribution is 6.30. The summed E-state index contributed by atoms with van der Waals surface area (Å²) in [5.74, 6) is 0.442. The third-order valence-electron chi connectivity index (χ3n) is 5.15. The second-order valence-electron chi connectivity index (χ2n) is 7.65. The molecule has 7 nitrogen and oxygen atoms in total. The quantitative estimate of drug-likeness (QED) is 0.511. The molecule has 1 aliphatic rings. The smallest absolute Gasteiger partial charge is 0.258 e. The molecule has 0 heterocycles. The molecule has 0 saturated heterocycles. The fraction of sp³-hybridized carbons (Fsp3) is 0.391. The second-order valence-corrected chi connectivity index (χ2v) is 8.52. The minimum Gasteiger partial charge on any atom is -0.490 e. The Balaban J connectivity index is 1.32. The maximum atomic E-state index is 12.2.